The molecule has 1 aliphatic rings. The summed E-state index contributed by atoms with van der Waals surface area (Å²) in [6.07, 6.45) is -2.15. The molecular formula is C17H18F3N3O2. The molecule has 0 aliphatic carbocycles. The molecule has 1 amide bonds. The van der Waals surface area contributed by atoms with Gasteiger partial charge in [-0.05, 0) is 31.5 Å². The summed E-state index contributed by atoms with van der Waals surface area (Å²) < 4.78 is 45.2. The van der Waals surface area contributed by atoms with Crippen LogP contribution in [0.15, 0.2) is 30.5 Å². The molecule has 1 saturated heterocycles. The van der Waals surface area contributed by atoms with Crippen LogP contribution in [0.2, 0.25) is 0 Å². The second-order valence-corrected chi connectivity index (χ2v) is 6.04. The molecule has 1 atom stereocenters. The molecule has 2 heterocycles. The molecule has 0 unspecified atom stereocenters. The van der Waals surface area contributed by atoms with Crippen LogP contribution in [0.1, 0.15) is 28.0 Å². The minimum absolute atomic E-state index is 0.260. The predicted molar refractivity (Wildman–Crippen MR) is 84.6 cm³/mol. The molecule has 0 spiro atoms. The number of nitrogens with one attached hydrogen (secondary N) is 1. The van der Waals surface area contributed by atoms with Crippen LogP contribution in [0, 0.1) is 12.8 Å². The molecule has 134 valence electrons. The number of aromatic nitrogens is 2. The van der Waals surface area contributed by atoms with E-state index in [1.165, 1.54) is 23.0 Å². The Balaban J connectivity index is 1.77. The number of carbonyl (C=O) groups is 1. The van der Waals surface area contributed by atoms with Gasteiger partial charge in [0.2, 0.25) is 0 Å². The van der Waals surface area contributed by atoms with Crippen molar-refractivity contribution >= 4 is 5.91 Å². The van der Waals surface area contributed by atoms with Crippen LogP contribution < -0.4 is 5.32 Å². The third kappa shape index (κ3) is 3.84. The molecule has 3 rings (SSSR count). The van der Waals surface area contributed by atoms with E-state index in [4.69, 9.17) is 4.74 Å². The Bertz CT molecular complexity index is 765. The fourth-order valence-corrected chi connectivity index (χ4v) is 2.78. The summed E-state index contributed by atoms with van der Waals surface area (Å²) in [4.78, 5) is 12.3. The van der Waals surface area contributed by atoms with Crippen LogP contribution in [-0.2, 0) is 10.9 Å². The van der Waals surface area contributed by atoms with Crippen LogP contribution in [0.4, 0.5) is 13.2 Å². The summed E-state index contributed by atoms with van der Waals surface area (Å²) in [5, 5.41) is 6.90. The van der Waals surface area contributed by atoms with Crippen LogP contribution in [-0.4, -0.2) is 35.4 Å². The molecule has 1 N–H and O–H groups in total. The van der Waals surface area contributed by atoms with Crippen LogP contribution in [0.25, 0.3) is 5.69 Å². The molecule has 25 heavy (non-hydrogen) atoms. The molecule has 8 heteroatoms. The minimum Gasteiger partial charge on any atom is -0.381 e. The number of benzene rings is 1. The number of alkyl halides is 3. The van der Waals surface area contributed by atoms with Gasteiger partial charge in [-0.2, -0.15) is 18.3 Å². The lowest BCUT2D eigenvalue weighted by Gasteiger charge is -2.11. The summed E-state index contributed by atoms with van der Waals surface area (Å²) in [6, 6.07) is 4.85. The van der Waals surface area contributed by atoms with E-state index in [0.717, 1.165) is 18.6 Å². The molecule has 1 aromatic carbocycles. The van der Waals surface area contributed by atoms with Gasteiger partial charge in [-0.3, -0.25) is 4.79 Å². The first kappa shape index (κ1) is 17.5. The number of ether oxygens (including phenoxy) is 1. The van der Waals surface area contributed by atoms with Gasteiger partial charge in [0.15, 0.2) is 0 Å². The van der Waals surface area contributed by atoms with Crippen molar-refractivity contribution in [1.29, 1.82) is 0 Å². The van der Waals surface area contributed by atoms with Crippen LogP contribution in [0.3, 0.4) is 0 Å². The lowest BCUT2D eigenvalue weighted by molar-refractivity contribution is -0.137. The highest BCUT2D eigenvalue weighted by Gasteiger charge is 2.30. The van der Waals surface area contributed by atoms with Crippen molar-refractivity contribution < 1.29 is 22.7 Å². The number of halogens is 3. The van der Waals surface area contributed by atoms with Crippen molar-refractivity contribution in [3.05, 3.63) is 47.3 Å². The van der Waals surface area contributed by atoms with Gasteiger partial charge < -0.3 is 10.1 Å². The fourth-order valence-electron chi connectivity index (χ4n) is 2.78. The quantitative estimate of drug-likeness (QED) is 0.919. The Morgan fingerprint density at radius 1 is 1.44 bits per heavy atom. The normalized spacial score (nSPS) is 17.7. The fraction of sp³-hybridized carbons (Fsp3) is 0.412. The predicted octanol–water partition coefficient (Wildman–Crippen LogP) is 2.97. The minimum atomic E-state index is -4.43. The first-order valence-electron chi connectivity index (χ1n) is 7.94. The summed E-state index contributed by atoms with van der Waals surface area (Å²) in [7, 11) is 0. The summed E-state index contributed by atoms with van der Waals surface area (Å²) in [5.74, 6) is 0.00499. The highest BCUT2D eigenvalue weighted by Crippen LogP contribution is 2.30. The van der Waals surface area contributed by atoms with Gasteiger partial charge >= 0.3 is 6.18 Å². The SMILES string of the molecule is Cc1c(C(=O)NC[C@H]2CCOC2)cnn1-c1cccc(C(F)(F)F)c1. The van der Waals surface area contributed by atoms with Gasteiger partial charge in [-0.1, -0.05) is 6.07 Å². The summed E-state index contributed by atoms with van der Waals surface area (Å²) in [5.41, 5.74) is 0.332. The first-order valence-corrected chi connectivity index (χ1v) is 7.94. The zero-order valence-corrected chi connectivity index (χ0v) is 13.6. The molecule has 0 radical (unpaired) electrons. The summed E-state index contributed by atoms with van der Waals surface area (Å²) >= 11 is 0. The van der Waals surface area contributed by atoms with Crippen molar-refractivity contribution in [1.82, 2.24) is 15.1 Å². The third-order valence-electron chi connectivity index (χ3n) is 4.25. The highest BCUT2D eigenvalue weighted by molar-refractivity contribution is 5.95. The van der Waals surface area contributed by atoms with Gasteiger partial charge in [0.25, 0.3) is 5.91 Å². The maximum absolute atomic E-state index is 12.9. The Morgan fingerprint density at radius 2 is 2.24 bits per heavy atom. The number of hydrogen-bond acceptors (Lipinski definition) is 3. The van der Waals surface area contributed by atoms with E-state index < -0.39 is 11.7 Å². The van der Waals surface area contributed by atoms with Crippen LogP contribution in [0.5, 0.6) is 0 Å². The molecular weight excluding hydrogens is 335 g/mol. The lowest BCUT2D eigenvalue weighted by Crippen LogP contribution is -2.29. The maximum atomic E-state index is 12.9. The Morgan fingerprint density at radius 3 is 2.92 bits per heavy atom. The largest absolute Gasteiger partial charge is 0.416 e. The Labute approximate surface area is 142 Å². The monoisotopic (exact) mass is 353 g/mol. The first-order chi connectivity index (χ1) is 11.9. The van der Waals surface area contributed by atoms with Crippen molar-refractivity contribution in [3.8, 4) is 5.69 Å². The highest BCUT2D eigenvalue weighted by atomic mass is 19.4. The Hall–Kier alpha value is -2.35. The van der Waals surface area contributed by atoms with Crippen LogP contribution >= 0.6 is 0 Å². The number of nitrogens with zero attached hydrogens (tertiary/aromatic N) is 2. The number of carbonyl (C=O) groups excluding carboxylic acids is 1. The summed E-state index contributed by atoms with van der Waals surface area (Å²) in [6.45, 7) is 3.49. The van der Waals surface area contributed by atoms with E-state index in [0.29, 0.717) is 36.9 Å². The van der Waals surface area contributed by atoms with Gasteiger partial charge in [0, 0.05) is 19.1 Å². The Kier molecular flexibility index (Phi) is 4.80. The van der Waals surface area contributed by atoms with Crippen molar-refractivity contribution in [2.24, 2.45) is 5.92 Å². The van der Waals surface area contributed by atoms with Crippen molar-refractivity contribution in [3.63, 3.8) is 0 Å². The standard InChI is InChI=1S/C17H18F3N3O2/c1-11-15(16(24)21-8-12-5-6-25-10-12)9-22-23(11)14-4-2-3-13(7-14)17(18,19)20/h2-4,7,9,12H,5-6,8,10H2,1H3,(H,21,24)/t12-/m1/s1. The molecule has 1 fully saturated rings. The van der Waals surface area contributed by atoms with Gasteiger partial charge in [0.1, 0.15) is 0 Å². The van der Waals surface area contributed by atoms with E-state index in [1.54, 1.807) is 6.92 Å². The van der Waals surface area contributed by atoms with E-state index in [2.05, 4.69) is 10.4 Å². The number of rotatable bonds is 4. The molecule has 0 saturated carbocycles. The molecule has 0 bridgehead atoms. The van der Waals surface area contributed by atoms with E-state index >= 15 is 0 Å². The molecule has 2 aromatic rings. The third-order valence-corrected chi connectivity index (χ3v) is 4.25. The van der Waals surface area contributed by atoms with E-state index in [-0.39, 0.29) is 11.6 Å². The van der Waals surface area contributed by atoms with Gasteiger partial charge in [-0.15, -0.1) is 0 Å². The molecule has 1 aliphatic heterocycles. The van der Waals surface area contributed by atoms with Gasteiger partial charge in [0.05, 0.1) is 35.3 Å². The van der Waals surface area contributed by atoms with Crippen molar-refractivity contribution in [2.45, 2.75) is 19.5 Å². The molecule has 1 aromatic heterocycles. The van der Waals surface area contributed by atoms with Crippen molar-refractivity contribution in [2.75, 3.05) is 19.8 Å². The average Bonchev–Trinajstić information content (AvgIpc) is 3.21. The van der Waals surface area contributed by atoms with Gasteiger partial charge in [-0.25, -0.2) is 4.68 Å². The lowest BCUT2D eigenvalue weighted by atomic mass is 10.1. The maximum Gasteiger partial charge on any atom is 0.416 e. The zero-order valence-electron chi connectivity index (χ0n) is 13.6. The van der Waals surface area contributed by atoms with E-state index in [1.807, 2.05) is 0 Å². The molecule has 5 nitrogen and oxygen atoms in total. The second kappa shape index (κ2) is 6.87. The zero-order chi connectivity index (χ0) is 18.0. The topological polar surface area (TPSA) is 56.1 Å². The number of hydrogen-bond donors (Lipinski definition) is 1. The smallest absolute Gasteiger partial charge is 0.381 e. The number of amides is 1. The van der Waals surface area contributed by atoms with E-state index in [9.17, 15) is 18.0 Å². The average molecular weight is 353 g/mol. The second-order valence-electron chi connectivity index (χ2n) is 6.04.